The second kappa shape index (κ2) is 4.07. The Labute approximate surface area is 69.6 Å². The van der Waals surface area contributed by atoms with Gasteiger partial charge in [-0.3, -0.25) is 0 Å². The summed E-state index contributed by atoms with van der Waals surface area (Å²) < 4.78 is 5.42. The van der Waals surface area contributed by atoms with Crippen molar-refractivity contribution in [1.82, 2.24) is 0 Å². The summed E-state index contributed by atoms with van der Waals surface area (Å²) in [6, 6.07) is 0. The van der Waals surface area contributed by atoms with Crippen LogP contribution in [0.1, 0.15) is 34.6 Å². The monoisotopic (exact) mass is 160 g/mol. The van der Waals surface area contributed by atoms with E-state index in [9.17, 15) is 5.11 Å². The van der Waals surface area contributed by atoms with E-state index in [1.165, 1.54) is 0 Å². The van der Waals surface area contributed by atoms with Gasteiger partial charge in [-0.2, -0.15) is 0 Å². The van der Waals surface area contributed by atoms with Crippen LogP contribution < -0.4 is 0 Å². The van der Waals surface area contributed by atoms with Crippen LogP contribution >= 0.6 is 0 Å². The molecule has 1 atom stereocenters. The maximum atomic E-state index is 9.32. The molecule has 0 unspecified atom stereocenters. The SMILES string of the molecule is CC(C)[C@H](C)OCC(C)(C)O. The minimum Gasteiger partial charge on any atom is -0.388 e. The van der Waals surface area contributed by atoms with Crippen LogP contribution in [0.15, 0.2) is 0 Å². The van der Waals surface area contributed by atoms with Gasteiger partial charge in [0.15, 0.2) is 0 Å². The molecule has 0 bridgehead atoms. The van der Waals surface area contributed by atoms with Gasteiger partial charge in [-0.15, -0.1) is 0 Å². The zero-order valence-corrected chi connectivity index (χ0v) is 8.22. The van der Waals surface area contributed by atoms with Crippen molar-refractivity contribution < 1.29 is 9.84 Å². The van der Waals surface area contributed by atoms with E-state index in [-0.39, 0.29) is 6.10 Å². The van der Waals surface area contributed by atoms with Gasteiger partial charge in [-0.1, -0.05) is 13.8 Å². The van der Waals surface area contributed by atoms with Gasteiger partial charge >= 0.3 is 0 Å². The van der Waals surface area contributed by atoms with E-state index in [1.807, 2.05) is 6.92 Å². The summed E-state index contributed by atoms with van der Waals surface area (Å²) in [5.41, 5.74) is -0.705. The average molecular weight is 160 g/mol. The third-order valence-corrected chi connectivity index (χ3v) is 1.64. The highest BCUT2D eigenvalue weighted by atomic mass is 16.5. The Morgan fingerprint density at radius 3 is 2.00 bits per heavy atom. The van der Waals surface area contributed by atoms with Gasteiger partial charge in [0, 0.05) is 0 Å². The zero-order valence-electron chi connectivity index (χ0n) is 8.22. The van der Waals surface area contributed by atoms with Crippen molar-refractivity contribution in [2.24, 2.45) is 5.92 Å². The molecule has 0 aromatic carbocycles. The van der Waals surface area contributed by atoms with Gasteiger partial charge in [0.1, 0.15) is 0 Å². The number of hydrogen-bond acceptors (Lipinski definition) is 2. The lowest BCUT2D eigenvalue weighted by molar-refractivity contribution is -0.0598. The normalized spacial score (nSPS) is 15.5. The number of aliphatic hydroxyl groups is 1. The van der Waals surface area contributed by atoms with Crippen LogP contribution in [0.4, 0.5) is 0 Å². The van der Waals surface area contributed by atoms with Crippen molar-refractivity contribution in [3.63, 3.8) is 0 Å². The first-order valence-electron chi connectivity index (χ1n) is 4.17. The molecule has 0 aliphatic carbocycles. The topological polar surface area (TPSA) is 29.5 Å². The second-order valence-corrected chi connectivity index (χ2v) is 4.07. The molecule has 0 aliphatic heterocycles. The molecule has 0 radical (unpaired) electrons. The molecule has 2 nitrogen and oxygen atoms in total. The Morgan fingerprint density at radius 1 is 1.27 bits per heavy atom. The van der Waals surface area contributed by atoms with Crippen LogP contribution in [-0.2, 0) is 4.74 Å². The molecule has 0 fully saturated rings. The third kappa shape index (κ3) is 6.32. The molecule has 1 N–H and O–H groups in total. The van der Waals surface area contributed by atoms with E-state index in [0.717, 1.165) is 0 Å². The first-order valence-corrected chi connectivity index (χ1v) is 4.17. The maximum Gasteiger partial charge on any atom is 0.0824 e. The zero-order chi connectivity index (χ0) is 9.07. The van der Waals surface area contributed by atoms with Gasteiger partial charge in [-0.25, -0.2) is 0 Å². The molecular formula is C9H20O2. The summed E-state index contributed by atoms with van der Waals surface area (Å²) in [5, 5.41) is 9.32. The molecule has 0 saturated heterocycles. The van der Waals surface area contributed by atoms with Crippen molar-refractivity contribution in [1.29, 1.82) is 0 Å². The first kappa shape index (κ1) is 10.9. The Hall–Kier alpha value is -0.0800. The summed E-state index contributed by atoms with van der Waals surface area (Å²) in [6.07, 6.45) is 0.224. The number of rotatable bonds is 4. The molecule has 68 valence electrons. The standard InChI is InChI=1S/C9H20O2/c1-7(2)8(3)11-6-9(4,5)10/h7-8,10H,6H2,1-5H3/t8-/m0/s1. The third-order valence-electron chi connectivity index (χ3n) is 1.64. The summed E-state index contributed by atoms with van der Waals surface area (Å²) in [7, 11) is 0. The van der Waals surface area contributed by atoms with E-state index in [0.29, 0.717) is 12.5 Å². The molecule has 0 aliphatic rings. The maximum absolute atomic E-state index is 9.32. The highest BCUT2D eigenvalue weighted by Gasteiger charge is 2.15. The fourth-order valence-electron chi connectivity index (χ4n) is 0.528. The molecule has 0 saturated carbocycles. The summed E-state index contributed by atoms with van der Waals surface area (Å²) in [6.45, 7) is 10.1. The molecule has 2 heteroatoms. The fourth-order valence-corrected chi connectivity index (χ4v) is 0.528. The minimum atomic E-state index is -0.705. The quantitative estimate of drug-likeness (QED) is 0.679. The van der Waals surface area contributed by atoms with E-state index in [2.05, 4.69) is 13.8 Å². The molecule has 11 heavy (non-hydrogen) atoms. The first-order chi connectivity index (χ1) is 4.83. The van der Waals surface area contributed by atoms with Gasteiger partial charge in [0.05, 0.1) is 18.3 Å². The van der Waals surface area contributed by atoms with Crippen molar-refractivity contribution in [3.8, 4) is 0 Å². The Morgan fingerprint density at radius 2 is 1.73 bits per heavy atom. The second-order valence-electron chi connectivity index (χ2n) is 4.07. The highest BCUT2D eigenvalue weighted by Crippen LogP contribution is 2.09. The minimum absolute atomic E-state index is 0.224. The van der Waals surface area contributed by atoms with Crippen molar-refractivity contribution in [2.75, 3.05) is 6.61 Å². The number of ether oxygens (including phenoxy) is 1. The van der Waals surface area contributed by atoms with Gasteiger partial charge in [-0.05, 0) is 26.7 Å². The molecule has 0 amide bonds. The molecule has 0 spiro atoms. The Balaban J connectivity index is 3.54. The van der Waals surface area contributed by atoms with Crippen LogP contribution in [0.25, 0.3) is 0 Å². The summed E-state index contributed by atoms with van der Waals surface area (Å²) in [5.74, 6) is 0.511. The van der Waals surface area contributed by atoms with Crippen LogP contribution in [0, 0.1) is 5.92 Å². The van der Waals surface area contributed by atoms with Crippen molar-refractivity contribution in [2.45, 2.75) is 46.3 Å². The lowest BCUT2D eigenvalue weighted by Gasteiger charge is -2.22. The number of hydrogen-bond donors (Lipinski definition) is 1. The predicted octanol–water partition coefficient (Wildman–Crippen LogP) is 1.82. The largest absolute Gasteiger partial charge is 0.388 e. The highest BCUT2D eigenvalue weighted by molar-refractivity contribution is 4.65. The van der Waals surface area contributed by atoms with Crippen LogP contribution in [-0.4, -0.2) is 23.4 Å². The molecule has 0 aromatic rings. The van der Waals surface area contributed by atoms with Crippen molar-refractivity contribution in [3.05, 3.63) is 0 Å². The molecule has 0 rings (SSSR count). The summed E-state index contributed by atoms with van der Waals surface area (Å²) in [4.78, 5) is 0. The van der Waals surface area contributed by atoms with E-state index >= 15 is 0 Å². The summed E-state index contributed by atoms with van der Waals surface area (Å²) >= 11 is 0. The lowest BCUT2D eigenvalue weighted by Crippen LogP contribution is -2.30. The van der Waals surface area contributed by atoms with Crippen LogP contribution in [0.2, 0.25) is 0 Å². The van der Waals surface area contributed by atoms with E-state index in [4.69, 9.17) is 4.74 Å². The lowest BCUT2D eigenvalue weighted by atomic mass is 10.1. The van der Waals surface area contributed by atoms with Gasteiger partial charge in [0.25, 0.3) is 0 Å². The van der Waals surface area contributed by atoms with Crippen LogP contribution in [0.3, 0.4) is 0 Å². The van der Waals surface area contributed by atoms with Crippen LogP contribution in [0.5, 0.6) is 0 Å². The van der Waals surface area contributed by atoms with E-state index < -0.39 is 5.60 Å². The predicted molar refractivity (Wildman–Crippen MR) is 46.5 cm³/mol. The smallest absolute Gasteiger partial charge is 0.0824 e. The van der Waals surface area contributed by atoms with Gasteiger partial charge < -0.3 is 9.84 Å². The molecule has 0 aromatic heterocycles. The average Bonchev–Trinajstić information content (AvgIpc) is 1.80. The molecule has 0 heterocycles. The Bertz CT molecular complexity index is 103. The fraction of sp³-hybridized carbons (Fsp3) is 1.00. The Kier molecular flexibility index (Phi) is 4.04. The van der Waals surface area contributed by atoms with E-state index in [1.54, 1.807) is 13.8 Å². The van der Waals surface area contributed by atoms with Gasteiger partial charge in [0.2, 0.25) is 0 Å². The molecular weight excluding hydrogens is 140 g/mol. The van der Waals surface area contributed by atoms with Crippen molar-refractivity contribution >= 4 is 0 Å².